The summed E-state index contributed by atoms with van der Waals surface area (Å²) < 4.78 is 29.5. The molecule has 3 N–H and O–H groups in total. The smallest absolute Gasteiger partial charge is 0.264 e. The Hall–Kier alpha value is -1.07. The molecule has 0 fully saturated rings. The monoisotopic (exact) mass is 257 g/mol. The first kappa shape index (κ1) is 14.0. The summed E-state index contributed by atoms with van der Waals surface area (Å²) in [4.78, 5) is 0. The second kappa shape index (κ2) is 6.61. The Labute approximate surface area is 103 Å². The quantitative estimate of drug-likeness (QED) is 0.446. The number of hydrogen-bond acceptors (Lipinski definition) is 3. The van der Waals surface area contributed by atoms with Crippen LogP contribution in [-0.4, -0.2) is 18.7 Å². The third kappa shape index (κ3) is 6.97. The standard InChI is InChI=1S/C12H19NO3S/c13-12-8-6-11(7-9-12)5-3-1-2-4-10-17(14,15)16/h6-9H,1-5,10,13H2,(H,14,15,16). The molecule has 0 atom stereocenters. The lowest BCUT2D eigenvalue weighted by Crippen LogP contribution is -2.03. The fraction of sp³-hybridized carbons (Fsp3) is 0.500. The van der Waals surface area contributed by atoms with Crippen LogP contribution in [0.5, 0.6) is 0 Å². The molecule has 0 aliphatic carbocycles. The van der Waals surface area contributed by atoms with E-state index in [2.05, 4.69) is 0 Å². The molecule has 1 aromatic carbocycles. The molecule has 4 nitrogen and oxygen atoms in total. The molecule has 0 unspecified atom stereocenters. The molecular weight excluding hydrogens is 238 g/mol. The minimum Gasteiger partial charge on any atom is -0.399 e. The van der Waals surface area contributed by atoms with Crippen LogP contribution < -0.4 is 5.73 Å². The van der Waals surface area contributed by atoms with Crippen LogP contribution in [0.3, 0.4) is 0 Å². The fourth-order valence-corrected chi connectivity index (χ4v) is 2.22. The van der Waals surface area contributed by atoms with Crippen LogP contribution in [0.25, 0.3) is 0 Å². The third-order valence-electron chi connectivity index (χ3n) is 2.60. The SMILES string of the molecule is Nc1ccc(CCCCCCS(=O)(=O)O)cc1. The Bertz CT molecular complexity index is 426. The van der Waals surface area contributed by atoms with E-state index in [1.165, 1.54) is 5.56 Å². The van der Waals surface area contributed by atoms with E-state index in [4.69, 9.17) is 10.3 Å². The minimum atomic E-state index is -3.78. The van der Waals surface area contributed by atoms with Gasteiger partial charge in [0.1, 0.15) is 0 Å². The Morgan fingerprint density at radius 3 is 2.18 bits per heavy atom. The highest BCUT2D eigenvalue weighted by Crippen LogP contribution is 2.10. The summed E-state index contributed by atoms with van der Waals surface area (Å²) in [6.45, 7) is 0. The predicted molar refractivity (Wildman–Crippen MR) is 69.4 cm³/mol. The van der Waals surface area contributed by atoms with Crippen molar-refractivity contribution in [3.05, 3.63) is 29.8 Å². The first-order valence-corrected chi connectivity index (χ1v) is 7.38. The van der Waals surface area contributed by atoms with E-state index in [0.29, 0.717) is 6.42 Å². The Balaban J connectivity index is 2.10. The maximum absolute atomic E-state index is 10.5. The summed E-state index contributed by atoms with van der Waals surface area (Å²) in [5.74, 6) is -0.130. The summed E-state index contributed by atoms with van der Waals surface area (Å²) in [7, 11) is -3.78. The minimum absolute atomic E-state index is 0.130. The zero-order valence-electron chi connectivity index (χ0n) is 9.80. The normalized spacial score (nSPS) is 11.6. The molecule has 0 radical (unpaired) electrons. The second-order valence-corrected chi connectivity index (χ2v) is 5.76. The van der Waals surface area contributed by atoms with E-state index in [1.807, 2.05) is 24.3 Å². The molecule has 0 bridgehead atoms. The highest BCUT2D eigenvalue weighted by Gasteiger charge is 2.02. The lowest BCUT2D eigenvalue weighted by Gasteiger charge is -2.02. The van der Waals surface area contributed by atoms with Gasteiger partial charge in [-0.05, 0) is 37.0 Å². The van der Waals surface area contributed by atoms with Crippen molar-refractivity contribution in [3.63, 3.8) is 0 Å². The van der Waals surface area contributed by atoms with Crippen molar-refractivity contribution in [3.8, 4) is 0 Å². The van der Waals surface area contributed by atoms with E-state index in [-0.39, 0.29) is 5.75 Å². The number of benzene rings is 1. The van der Waals surface area contributed by atoms with Gasteiger partial charge in [-0.1, -0.05) is 25.0 Å². The molecule has 0 amide bonds. The molecule has 1 rings (SSSR count). The molecule has 0 saturated carbocycles. The van der Waals surface area contributed by atoms with Crippen molar-refractivity contribution in [2.24, 2.45) is 0 Å². The molecule has 0 aliphatic rings. The van der Waals surface area contributed by atoms with Crippen LogP contribution in [0.1, 0.15) is 31.2 Å². The van der Waals surface area contributed by atoms with Crippen LogP contribution in [0.15, 0.2) is 24.3 Å². The van der Waals surface area contributed by atoms with Gasteiger partial charge < -0.3 is 5.73 Å². The van der Waals surface area contributed by atoms with Gasteiger partial charge in [-0.2, -0.15) is 8.42 Å². The molecule has 0 aromatic heterocycles. The van der Waals surface area contributed by atoms with E-state index < -0.39 is 10.1 Å². The molecule has 1 aromatic rings. The molecule has 0 saturated heterocycles. The number of unbranched alkanes of at least 4 members (excludes halogenated alkanes) is 3. The zero-order chi connectivity index (χ0) is 12.7. The van der Waals surface area contributed by atoms with E-state index in [1.54, 1.807) is 0 Å². The summed E-state index contributed by atoms with van der Waals surface area (Å²) in [5, 5.41) is 0. The van der Waals surface area contributed by atoms with Gasteiger partial charge in [0, 0.05) is 5.69 Å². The number of rotatable bonds is 7. The van der Waals surface area contributed by atoms with Gasteiger partial charge in [0.05, 0.1) is 5.75 Å². The van der Waals surface area contributed by atoms with Gasteiger partial charge in [-0.3, -0.25) is 4.55 Å². The van der Waals surface area contributed by atoms with Crippen LogP contribution in [-0.2, 0) is 16.5 Å². The van der Waals surface area contributed by atoms with E-state index in [0.717, 1.165) is 31.4 Å². The highest BCUT2D eigenvalue weighted by atomic mass is 32.2. The van der Waals surface area contributed by atoms with Crippen LogP contribution in [0.2, 0.25) is 0 Å². The number of nitrogen functional groups attached to an aromatic ring is 1. The van der Waals surface area contributed by atoms with Gasteiger partial charge in [0.25, 0.3) is 10.1 Å². The second-order valence-electron chi connectivity index (χ2n) is 4.19. The molecule has 0 aliphatic heterocycles. The first-order chi connectivity index (χ1) is 7.97. The molecule has 0 heterocycles. The van der Waals surface area contributed by atoms with Gasteiger partial charge in [-0.15, -0.1) is 0 Å². The van der Waals surface area contributed by atoms with Crippen molar-refractivity contribution in [2.75, 3.05) is 11.5 Å². The van der Waals surface area contributed by atoms with Crippen molar-refractivity contribution in [1.29, 1.82) is 0 Å². The Kier molecular flexibility index (Phi) is 5.44. The molecule has 5 heteroatoms. The summed E-state index contributed by atoms with van der Waals surface area (Å²) in [5.41, 5.74) is 7.59. The predicted octanol–water partition coefficient (Wildman–Crippen LogP) is 2.26. The molecule has 0 spiro atoms. The Morgan fingerprint density at radius 1 is 1.00 bits per heavy atom. The van der Waals surface area contributed by atoms with Crippen molar-refractivity contribution >= 4 is 15.8 Å². The van der Waals surface area contributed by atoms with Crippen LogP contribution in [0, 0.1) is 0 Å². The van der Waals surface area contributed by atoms with Gasteiger partial charge in [0.15, 0.2) is 0 Å². The number of aryl methyl sites for hydroxylation is 1. The summed E-state index contributed by atoms with van der Waals surface area (Å²) in [6.07, 6.45) is 4.33. The summed E-state index contributed by atoms with van der Waals surface area (Å²) >= 11 is 0. The Morgan fingerprint density at radius 2 is 1.59 bits per heavy atom. The van der Waals surface area contributed by atoms with Crippen LogP contribution in [0.4, 0.5) is 5.69 Å². The lowest BCUT2D eigenvalue weighted by atomic mass is 10.1. The topological polar surface area (TPSA) is 80.4 Å². The number of nitrogens with two attached hydrogens (primary N) is 1. The third-order valence-corrected chi connectivity index (χ3v) is 3.40. The number of hydrogen-bond donors (Lipinski definition) is 2. The molecular formula is C12H19NO3S. The maximum Gasteiger partial charge on any atom is 0.264 e. The van der Waals surface area contributed by atoms with Crippen molar-refractivity contribution in [2.45, 2.75) is 32.1 Å². The zero-order valence-corrected chi connectivity index (χ0v) is 10.6. The van der Waals surface area contributed by atoms with Gasteiger partial charge >= 0.3 is 0 Å². The van der Waals surface area contributed by atoms with E-state index >= 15 is 0 Å². The maximum atomic E-state index is 10.5. The van der Waals surface area contributed by atoms with Crippen LogP contribution >= 0.6 is 0 Å². The van der Waals surface area contributed by atoms with E-state index in [9.17, 15) is 8.42 Å². The van der Waals surface area contributed by atoms with Gasteiger partial charge in [-0.25, -0.2) is 0 Å². The number of anilines is 1. The molecule has 17 heavy (non-hydrogen) atoms. The lowest BCUT2D eigenvalue weighted by molar-refractivity contribution is 0.479. The summed E-state index contributed by atoms with van der Waals surface area (Å²) in [6, 6.07) is 7.78. The average Bonchev–Trinajstić information content (AvgIpc) is 2.24. The van der Waals surface area contributed by atoms with Crippen molar-refractivity contribution in [1.82, 2.24) is 0 Å². The first-order valence-electron chi connectivity index (χ1n) is 5.77. The average molecular weight is 257 g/mol. The van der Waals surface area contributed by atoms with Gasteiger partial charge in [0.2, 0.25) is 0 Å². The fourth-order valence-electron chi connectivity index (χ4n) is 1.65. The highest BCUT2D eigenvalue weighted by molar-refractivity contribution is 7.85. The largest absolute Gasteiger partial charge is 0.399 e. The molecule has 96 valence electrons. The van der Waals surface area contributed by atoms with Crippen molar-refractivity contribution < 1.29 is 13.0 Å².